The van der Waals surface area contributed by atoms with Crippen LogP contribution < -0.4 is 0 Å². The van der Waals surface area contributed by atoms with Gasteiger partial charge in [-0.05, 0) is 54.2 Å². The van der Waals surface area contributed by atoms with Crippen molar-refractivity contribution in [3.63, 3.8) is 0 Å². The summed E-state index contributed by atoms with van der Waals surface area (Å²) < 4.78 is 0. The molecule has 2 heteroatoms. The van der Waals surface area contributed by atoms with E-state index in [9.17, 15) is 5.11 Å². The summed E-state index contributed by atoms with van der Waals surface area (Å²) in [6.07, 6.45) is 0.893. The predicted octanol–water partition coefficient (Wildman–Crippen LogP) is 5.46. The number of rotatable bonds is 5. The molecule has 0 fully saturated rings. The molecule has 0 spiro atoms. The van der Waals surface area contributed by atoms with E-state index in [4.69, 9.17) is 11.6 Å². The Morgan fingerprint density at radius 2 is 1.12 bits per heavy atom. The van der Waals surface area contributed by atoms with Crippen LogP contribution in [-0.2, 0) is 12.8 Å². The van der Waals surface area contributed by atoms with Crippen LogP contribution in [0.15, 0.2) is 72.8 Å². The number of benzene rings is 3. The lowest BCUT2D eigenvalue weighted by atomic mass is 9.98. The molecule has 0 amide bonds. The fourth-order valence-corrected chi connectivity index (χ4v) is 2.94. The molecule has 0 saturated carbocycles. The summed E-state index contributed by atoms with van der Waals surface area (Å²) in [5, 5.41) is 11.0. The maximum absolute atomic E-state index is 10.3. The number of halogens is 1. The van der Waals surface area contributed by atoms with Crippen molar-refractivity contribution in [3.05, 3.63) is 94.5 Å². The van der Waals surface area contributed by atoms with E-state index in [1.165, 1.54) is 16.7 Å². The zero-order chi connectivity index (χ0) is 16.9. The predicted molar refractivity (Wildman–Crippen MR) is 101 cm³/mol. The van der Waals surface area contributed by atoms with Crippen molar-refractivity contribution in [3.8, 4) is 11.1 Å². The Labute approximate surface area is 148 Å². The largest absolute Gasteiger partial charge is 0.392 e. The van der Waals surface area contributed by atoms with E-state index in [0.29, 0.717) is 12.8 Å². The van der Waals surface area contributed by atoms with Crippen molar-refractivity contribution in [2.45, 2.75) is 25.9 Å². The van der Waals surface area contributed by atoms with Crippen molar-refractivity contribution in [2.75, 3.05) is 0 Å². The highest BCUT2D eigenvalue weighted by Gasteiger charge is 2.07. The van der Waals surface area contributed by atoms with Crippen LogP contribution >= 0.6 is 11.6 Å². The van der Waals surface area contributed by atoms with Gasteiger partial charge in [-0.3, -0.25) is 0 Å². The number of hydrogen-bond donors (Lipinski definition) is 1. The first-order valence-corrected chi connectivity index (χ1v) is 8.56. The molecule has 1 nitrogen and oxygen atoms in total. The fourth-order valence-electron chi connectivity index (χ4n) is 2.82. The van der Waals surface area contributed by atoms with Gasteiger partial charge < -0.3 is 5.11 Å². The van der Waals surface area contributed by atoms with E-state index in [0.717, 1.165) is 16.1 Å². The topological polar surface area (TPSA) is 20.2 Å². The van der Waals surface area contributed by atoms with Crippen LogP contribution in [0, 0.1) is 6.92 Å². The first-order valence-electron chi connectivity index (χ1n) is 8.18. The molecule has 122 valence electrons. The standard InChI is InChI=1S/C22H21ClO/c1-16-2-8-19(9-3-16)20-10-4-17(5-11-20)14-22(24)15-18-6-12-21(23)13-7-18/h2-13,22,24H,14-15H2,1H3. The zero-order valence-corrected chi connectivity index (χ0v) is 14.5. The highest BCUT2D eigenvalue weighted by molar-refractivity contribution is 6.30. The van der Waals surface area contributed by atoms with Gasteiger partial charge in [-0.2, -0.15) is 0 Å². The molecular weight excluding hydrogens is 316 g/mol. The lowest BCUT2D eigenvalue weighted by molar-refractivity contribution is 0.175. The molecule has 0 aromatic heterocycles. The van der Waals surface area contributed by atoms with Crippen LogP contribution in [0.5, 0.6) is 0 Å². The molecule has 3 rings (SSSR count). The highest BCUT2D eigenvalue weighted by Crippen LogP contribution is 2.21. The molecular formula is C22H21ClO. The van der Waals surface area contributed by atoms with Crippen LogP contribution in [0.3, 0.4) is 0 Å². The minimum atomic E-state index is -0.392. The Bertz CT molecular complexity index is 774. The van der Waals surface area contributed by atoms with Crippen molar-refractivity contribution in [1.82, 2.24) is 0 Å². The third kappa shape index (κ3) is 4.47. The molecule has 1 unspecified atom stereocenters. The quantitative estimate of drug-likeness (QED) is 0.655. The lowest BCUT2D eigenvalue weighted by Gasteiger charge is -2.11. The van der Waals surface area contributed by atoms with E-state index < -0.39 is 6.10 Å². The van der Waals surface area contributed by atoms with Gasteiger partial charge in [-0.15, -0.1) is 0 Å². The fraction of sp³-hybridized carbons (Fsp3) is 0.182. The Balaban J connectivity index is 1.63. The monoisotopic (exact) mass is 336 g/mol. The average Bonchev–Trinajstić information content (AvgIpc) is 2.58. The molecule has 0 aliphatic rings. The van der Waals surface area contributed by atoms with E-state index >= 15 is 0 Å². The SMILES string of the molecule is Cc1ccc(-c2ccc(CC(O)Cc3ccc(Cl)cc3)cc2)cc1. The smallest absolute Gasteiger partial charge is 0.0620 e. The van der Waals surface area contributed by atoms with Gasteiger partial charge in [0.15, 0.2) is 0 Å². The van der Waals surface area contributed by atoms with Crippen molar-refractivity contribution < 1.29 is 5.11 Å². The van der Waals surface area contributed by atoms with E-state index in [-0.39, 0.29) is 0 Å². The summed E-state index contributed by atoms with van der Waals surface area (Å²) in [6.45, 7) is 2.09. The van der Waals surface area contributed by atoms with Gasteiger partial charge in [0.25, 0.3) is 0 Å². The molecule has 1 N–H and O–H groups in total. The molecule has 3 aromatic carbocycles. The molecule has 0 aliphatic heterocycles. The van der Waals surface area contributed by atoms with E-state index in [1.54, 1.807) is 0 Å². The second kappa shape index (κ2) is 7.65. The van der Waals surface area contributed by atoms with Crippen LogP contribution in [0.25, 0.3) is 11.1 Å². The first kappa shape index (κ1) is 16.8. The van der Waals surface area contributed by atoms with Crippen molar-refractivity contribution in [1.29, 1.82) is 0 Å². The van der Waals surface area contributed by atoms with Gasteiger partial charge in [0.05, 0.1) is 6.10 Å². The van der Waals surface area contributed by atoms with Crippen molar-refractivity contribution >= 4 is 11.6 Å². The average molecular weight is 337 g/mol. The Hall–Kier alpha value is -2.09. The summed E-state index contributed by atoms with van der Waals surface area (Å²) in [5.41, 5.74) is 5.93. The van der Waals surface area contributed by atoms with Crippen LogP contribution in [-0.4, -0.2) is 11.2 Å². The van der Waals surface area contributed by atoms with Gasteiger partial charge in [-0.25, -0.2) is 0 Å². The number of aryl methyl sites for hydroxylation is 1. The molecule has 0 aliphatic carbocycles. The van der Waals surface area contributed by atoms with Crippen LogP contribution in [0.4, 0.5) is 0 Å². The summed E-state index contributed by atoms with van der Waals surface area (Å²) in [5.74, 6) is 0. The summed E-state index contributed by atoms with van der Waals surface area (Å²) in [6, 6.07) is 24.6. The Morgan fingerprint density at radius 1 is 0.708 bits per heavy atom. The molecule has 0 saturated heterocycles. The third-order valence-electron chi connectivity index (χ3n) is 4.19. The summed E-state index contributed by atoms with van der Waals surface area (Å²) in [7, 11) is 0. The molecule has 0 bridgehead atoms. The minimum Gasteiger partial charge on any atom is -0.392 e. The van der Waals surface area contributed by atoms with Gasteiger partial charge in [-0.1, -0.05) is 77.8 Å². The molecule has 1 atom stereocenters. The van der Waals surface area contributed by atoms with Gasteiger partial charge in [0.1, 0.15) is 0 Å². The van der Waals surface area contributed by atoms with E-state index in [2.05, 4.69) is 55.5 Å². The molecule has 24 heavy (non-hydrogen) atoms. The van der Waals surface area contributed by atoms with Gasteiger partial charge >= 0.3 is 0 Å². The zero-order valence-electron chi connectivity index (χ0n) is 13.7. The maximum Gasteiger partial charge on any atom is 0.0620 e. The normalized spacial score (nSPS) is 12.1. The molecule has 0 radical (unpaired) electrons. The number of aliphatic hydroxyl groups is 1. The van der Waals surface area contributed by atoms with Crippen LogP contribution in [0.1, 0.15) is 16.7 Å². The van der Waals surface area contributed by atoms with Gasteiger partial charge in [0.2, 0.25) is 0 Å². The third-order valence-corrected chi connectivity index (χ3v) is 4.45. The maximum atomic E-state index is 10.3. The second-order valence-electron chi connectivity index (χ2n) is 6.25. The van der Waals surface area contributed by atoms with E-state index in [1.807, 2.05) is 24.3 Å². The summed E-state index contributed by atoms with van der Waals surface area (Å²) in [4.78, 5) is 0. The minimum absolute atomic E-state index is 0.392. The summed E-state index contributed by atoms with van der Waals surface area (Å²) >= 11 is 5.89. The van der Waals surface area contributed by atoms with Crippen molar-refractivity contribution in [2.24, 2.45) is 0 Å². The Morgan fingerprint density at radius 3 is 1.62 bits per heavy atom. The molecule has 3 aromatic rings. The Kier molecular flexibility index (Phi) is 5.34. The van der Waals surface area contributed by atoms with Crippen LogP contribution in [0.2, 0.25) is 5.02 Å². The first-order chi connectivity index (χ1) is 11.6. The molecule has 0 heterocycles. The highest BCUT2D eigenvalue weighted by atomic mass is 35.5. The van der Waals surface area contributed by atoms with Gasteiger partial charge in [0, 0.05) is 5.02 Å². The number of hydrogen-bond acceptors (Lipinski definition) is 1. The number of aliphatic hydroxyl groups excluding tert-OH is 1. The second-order valence-corrected chi connectivity index (χ2v) is 6.69. The lowest BCUT2D eigenvalue weighted by Crippen LogP contribution is -2.13.